The molecule has 0 saturated heterocycles. The number of carbonyl (C=O) groups is 1. The van der Waals surface area contributed by atoms with Crippen molar-refractivity contribution >= 4 is 16.9 Å². The van der Waals surface area contributed by atoms with Crippen molar-refractivity contribution in [3.63, 3.8) is 0 Å². The molecule has 126 valence electrons. The lowest BCUT2D eigenvalue weighted by Crippen LogP contribution is -2.27. The number of para-hydroxylation sites is 2. The van der Waals surface area contributed by atoms with E-state index >= 15 is 0 Å². The lowest BCUT2D eigenvalue weighted by atomic mass is 10.3. The van der Waals surface area contributed by atoms with E-state index in [0.29, 0.717) is 31.8 Å². The fraction of sp³-hybridized carbons (Fsp3) is 0.375. The highest BCUT2D eigenvalue weighted by molar-refractivity contribution is 5.77. The Hall–Kier alpha value is -2.74. The lowest BCUT2D eigenvalue weighted by Gasteiger charge is -2.07. The highest BCUT2D eigenvalue weighted by Crippen LogP contribution is 2.15. The van der Waals surface area contributed by atoms with Gasteiger partial charge in [-0.05, 0) is 19.1 Å². The second kappa shape index (κ2) is 7.22. The molecule has 24 heavy (non-hydrogen) atoms. The van der Waals surface area contributed by atoms with Gasteiger partial charge < -0.3 is 19.5 Å². The Morgan fingerprint density at radius 1 is 1.33 bits per heavy atom. The third-order valence-electron chi connectivity index (χ3n) is 3.72. The molecule has 2 N–H and O–H groups in total. The quantitative estimate of drug-likeness (QED) is 0.669. The molecular weight excluding hydrogens is 310 g/mol. The summed E-state index contributed by atoms with van der Waals surface area (Å²) in [5.74, 6) is 1.50. The number of fused-ring (bicyclic) bond motifs is 1. The number of aryl methyl sites for hydroxylation is 2. The van der Waals surface area contributed by atoms with Crippen molar-refractivity contribution in [2.24, 2.45) is 0 Å². The minimum Gasteiger partial charge on any atom is -0.387 e. The molecule has 1 amide bonds. The summed E-state index contributed by atoms with van der Waals surface area (Å²) in [4.78, 5) is 20.4. The molecule has 3 aromatic rings. The van der Waals surface area contributed by atoms with Gasteiger partial charge in [0.05, 0.1) is 11.0 Å². The molecule has 0 unspecified atom stereocenters. The number of aliphatic hydroxyl groups excluding tert-OH is 1. The van der Waals surface area contributed by atoms with Crippen molar-refractivity contribution in [2.45, 2.75) is 32.9 Å². The highest BCUT2D eigenvalue weighted by atomic mass is 16.5. The molecule has 8 nitrogen and oxygen atoms in total. The molecule has 3 rings (SSSR count). The van der Waals surface area contributed by atoms with Crippen LogP contribution in [0.1, 0.15) is 24.0 Å². The van der Waals surface area contributed by atoms with Crippen LogP contribution in [0.5, 0.6) is 0 Å². The molecule has 0 aliphatic carbocycles. The molecule has 2 aromatic heterocycles. The fourth-order valence-electron chi connectivity index (χ4n) is 2.55. The topological polar surface area (TPSA) is 106 Å². The van der Waals surface area contributed by atoms with Gasteiger partial charge in [0, 0.05) is 25.9 Å². The Labute approximate surface area is 138 Å². The molecule has 0 aliphatic heterocycles. The van der Waals surface area contributed by atoms with E-state index in [9.17, 15) is 4.79 Å². The first-order valence-electron chi connectivity index (χ1n) is 7.78. The van der Waals surface area contributed by atoms with Crippen LogP contribution in [0.4, 0.5) is 0 Å². The van der Waals surface area contributed by atoms with E-state index < -0.39 is 0 Å². The van der Waals surface area contributed by atoms with Gasteiger partial charge in [0.15, 0.2) is 5.82 Å². The molecule has 0 radical (unpaired) electrons. The second-order valence-corrected chi connectivity index (χ2v) is 5.41. The molecular formula is C16H19N5O3. The Morgan fingerprint density at radius 3 is 2.96 bits per heavy atom. The highest BCUT2D eigenvalue weighted by Gasteiger charge is 2.09. The number of imidazole rings is 1. The average Bonchev–Trinajstić information content (AvgIpc) is 3.16. The molecule has 0 spiro atoms. The summed E-state index contributed by atoms with van der Waals surface area (Å²) in [6.07, 6.45) is 0.831. The Kier molecular flexibility index (Phi) is 4.85. The van der Waals surface area contributed by atoms with Gasteiger partial charge in [-0.3, -0.25) is 4.79 Å². The lowest BCUT2D eigenvalue weighted by molar-refractivity contribution is -0.121. The van der Waals surface area contributed by atoms with Crippen molar-refractivity contribution < 1.29 is 14.4 Å². The maximum atomic E-state index is 12.0. The molecule has 2 heterocycles. The zero-order valence-electron chi connectivity index (χ0n) is 13.4. The number of amides is 1. The van der Waals surface area contributed by atoms with E-state index in [1.807, 2.05) is 35.8 Å². The monoisotopic (exact) mass is 329 g/mol. The van der Waals surface area contributed by atoms with E-state index in [-0.39, 0.29) is 18.4 Å². The van der Waals surface area contributed by atoms with Crippen LogP contribution in [-0.2, 0) is 24.4 Å². The maximum Gasteiger partial charge on any atom is 0.252 e. The van der Waals surface area contributed by atoms with E-state index in [0.717, 1.165) is 16.9 Å². The molecule has 0 fully saturated rings. The first-order valence-corrected chi connectivity index (χ1v) is 7.78. The summed E-state index contributed by atoms with van der Waals surface area (Å²) >= 11 is 0. The van der Waals surface area contributed by atoms with Crippen molar-refractivity contribution in [3.05, 3.63) is 41.8 Å². The minimum absolute atomic E-state index is 0.0435. The molecule has 8 heteroatoms. The zero-order valence-corrected chi connectivity index (χ0v) is 13.4. The summed E-state index contributed by atoms with van der Waals surface area (Å²) in [5.41, 5.74) is 1.97. The number of rotatable bonds is 7. The van der Waals surface area contributed by atoms with Gasteiger partial charge in [0.2, 0.25) is 5.91 Å². The summed E-state index contributed by atoms with van der Waals surface area (Å²) < 4.78 is 6.83. The third kappa shape index (κ3) is 3.60. The maximum absolute atomic E-state index is 12.0. The molecule has 1 aromatic carbocycles. The van der Waals surface area contributed by atoms with Crippen LogP contribution in [0.15, 0.2) is 28.8 Å². The van der Waals surface area contributed by atoms with Crippen molar-refractivity contribution in [1.29, 1.82) is 0 Å². The zero-order chi connectivity index (χ0) is 16.9. The Morgan fingerprint density at radius 2 is 2.17 bits per heavy atom. The van der Waals surface area contributed by atoms with Gasteiger partial charge in [0.25, 0.3) is 5.89 Å². The fourth-order valence-corrected chi connectivity index (χ4v) is 2.55. The Bertz CT molecular complexity index is 839. The number of carbonyl (C=O) groups excluding carboxylic acids is 1. The number of aromatic nitrogens is 4. The normalized spacial score (nSPS) is 11.1. The predicted molar refractivity (Wildman–Crippen MR) is 86.0 cm³/mol. The van der Waals surface area contributed by atoms with E-state index in [1.165, 1.54) is 0 Å². The average molecular weight is 329 g/mol. The first-order chi connectivity index (χ1) is 11.7. The number of aliphatic hydroxyl groups is 1. The van der Waals surface area contributed by atoms with E-state index in [1.54, 1.807) is 0 Å². The van der Waals surface area contributed by atoms with Crippen LogP contribution in [0.3, 0.4) is 0 Å². The predicted octanol–water partition coefficient (Wildman–Crippen LogP) is 0.969. The van der Waals surface area contributed by atoms with Crippen LogP contribution >= 0.6 is 0 Å². The SMILES string of the molecule is Cc1nc2ccccc2n1CCC(=O)NCCc1noc(CO)n1. The van der Waals surface area contributed by atoms with Crippen LogP contribution in [0.2, 0.25) is 0 Å². The standard InChI is InChI=1S/C16H19N5O3/c1-11-18-12-4-2-3-5-13(12)21(11)9-7-15(23)17-8-6-14-19-16(10-22)24-20-14/h2-5,22H,6-10H2,1H3,(H,17,23). The summed E-state index contributed by atoms with van der Waals surface area (Å²) in [6.45, 7) is 2.66. The van der Waals surface area contributed by atoms with Gasteiger partial charge in [0.1, 0.15) is 12.4 Å². The largest absolute Gasteiger partial charge is 0.387 e. The van der Waals surface area contributed by atoms with E-state index in [2.05, 4.69) is 20.4 Å². The van der Waals surface area contributed by atoms with Crippen LogP contribution in [0, 0.1) is 6.92 Å². The summed E-state index contributed by atoms with van der Waals surface area (Å²) in [6, 6.07) is 7.88. The van der Waals surface area contributed by atoms with Gasteiger partial charge in [-0.15, -0.1) is 0 Å². The molecule has 0 aliphatic rings. The third-order valence-corrected chi connectivity index (χ3v) is 3.72. The van der Waals surface area contributed by atoms with Gasteiger partial charge >= 0.3 is 0 Å². The number of nitrogens with one attached hydrogen (secondary N) is 1. The summed E-state index contributed by atoms with van der Waals surface area (Å²) in [7, 11) is 0. The smallest absolute Gasteiger partial charge is 0.252 e. The number of nitrogens with zero attached hydrogens (tertiary/aromatic N) is 4. The number of benzene rings is 1. The van der Waals surface area contributed by atoms with Crippen molar-refractivity contribution in [3.8, 4) is 0 Å². The van der Waals surface area contributed by atoms with Gasteiger partial charge in [-0.2, -0.15) is 4.98 Å². The molecule has 0 saturated carbocycles. The summed E-state index contributed by atoms with van der Waals surface area (Å²) in [5, 5.41) is 15.4. The molecule has 0 bridgehead atoms. The second-order valence-electron chi connectivity index (χ2n) is 5.41. The molecule has 0 atom stereocenters. The van der Waals surface area contributed by atoms with Crippen molar-refractivity contribution in [1.82, 2.24) is 25.0 Å². The van der Waals surface area contributed by atoms with Crippen LogP contribution < -0.4 is 5.32 Å². The number of hydrogen-bond donors (Lipinski definition) is 2. The van der Waals surface area contributed by atoms with Crippen LogP contribution in [-0.4, -0.2) is 37.3 Å². The first kappa shape index (κ1) is 16.1. The van der Waals surface area contributed by atoms with Gasteiger partial charge in [-0.25, -0.2) is 4.98 Å². The van der Waals surface area contributed by atoms with Crippen LogP contribution in [0.25, 0.3) is 11.0 Å². The van der Waals surface area contributed by atoms with E-state index in [4.69, 9.17) is 9.63 Å². The Balaban J connectivity index is 1.49. The van der Waals surface area contributed by atoms with Gasteiger partial charge in [-0.1, -0.05) is 17.3 Å². The minimum atomic E-state index is -0.280. The number of hydrogen-bond acceptors (Lipinski definition) is 6. The van der Waals surface area contributed by atoms with Crippen molar-refractivity contribution in [2.75, 3.05) is 6.54 Å².